The van der Waals surface area contributed by atoms with Crippen molar-refractivity contribution in [2.24, 2.45) is 40.4 Å². The van der Waals surface area contributed by atoms with E-state index in [0.717, 1.165) is 6.42 Å². The van der Waals surface area contributed by atoms with Gasteiger partial charge in [-0.25, -0.2) is 0 Å². The molecule has 0 bridgehead atoms. The summed E-state index contributed by atoms with van der Waals surface area (Å²) in [7, 11) is -4.37. The Labute approximate surface area is 230 Å². The third-order valence-electron chi connectivity index (χ3n) is 11.4. The maximum absolute atomic E-state index is 12.5. The number of carbonyl (C=O) groups is 1. The number of amides is 1. The lowest BCUT2D eigenvalue weighted by molar-refractivity contribution is -0.268. The molecule has 0 heterocycles. The van der Waals surface area contributed by atoms with Crippen LogP contribution in [0.3, 0.4) is 0 Å². The molecule has 0 spiro atoms. The minimum atomic E-state index is -4.37. The zero-order valence-corrected chi connectivity index (χ0v) is 23.9. The van der Waals surface area contributed by atoms with Crippen molar-refractivity contribution in [3.8, 4) is 0 Å². The van der Waals surface area contributed by atoms with E-state index in [0.29, 0.717) is 25.7 Å². The lowest BCUT2D eigenvalue weighted by atomic mass is 9.42. The Bertz CT molecular complexity index is 1030. The summed E-state index contributed by atoms with van der Waals surface area (Å²) in [6.45, 7) is 5.35. The summed E-state index contributed by atoms with van der Waals surface area (Å²) in [6, 6.07) is -1.13. The van der Waals surface area contributed by atoms with Gasteiger partial charge in [0.05, 0.1) is 48.4 Å². The molecule has 12 heteroatoms. The number of aliphatic hydroxyl groups is 6. The Morgan fingerprint density at radius 3 is 2.36 bits per heavy atom. The van der Waals surface area contributed by atoms with Gasteiger partial charge in [-0.05, 0) is 73.5 Å². The van der Waals surface area contributed by atoms with Crippen LogP contribution in [0.15, 0.2) is 0 Å². The van der Waals surface area contributed by atoms with Crippen molar-refractivity contribution in [3.05, 3.63) is 0 Å². The lowest BCUT2D eigenvalue weighted by Crippen LogP contribution is -2.69. The highest BCUT2D eigenvalue weighted by Crippen LogP contribution is 2.69. The average Bonchev–Trinajstić information content (AvgIpc) is 3.03. The quantitative estimate of drug-likeness (QED) is 0.179. The zero-order chi connectivity index (χ0) is 29.1. The SMILES string of the molecule is C[C@H](CCC(=O)NC(CO)CS(=O)(=O)O)[C@H]1[C@@H](O)C(O)C2C3C[C@@H](O)[C@@]4(O)C[C@@H](O)CC[C@]4(C)C3CC[C@@]21C. The molecule has 4 saturated carbocycles. The largest absolute Gasteiger partial charge is 0.394 e. The second-order valence-electron chi connectivity index (χ2n) is 13.5. The van der Waals surface area contributed by atoms with Gasteiger partial charge < -0.3 is 36.0 Å². The predicted molar refractivity (Wildman–Crippen MR) is 141 cm³/mol. The summed E-state index contributed by atoms with van der Waals surface area (Å²) >= 11 is 0. The second-order valence-corrected chi connectivity index (χ2v) is 15.0. The van der Waals surface area contributed by atoms with E-state index < -0.39 is 75.3 Å². The van der Waals surface area contributed by atoms with Crippen LogP contribution in [0.1, 0.15) is 72.1 Å². The first-order valence-electron chi connectivity index (χ1n) is 14.3. The Balaban J connectivity index is 1.49. The van der Waals surface area contributed by atoms with Crippen molar-refractivity contribution in [2.75, 3.05) is 12.4 Å². The molecule has 0 radical (unpaired) electrons. The van der Waals surface area contributed by atoms with E-state index in [9.17, 15) is 43.9 Å². The monoisotopic (exact) mass is 577 g/mol. The minimum Gasteiger partial charge on any atom is -0.394 e. The van der Waals surface area contributed by atoms with Crippen molar-refractivity contribution < 1.29 is 48.4 Å². The first-order chi connectivity index (χ1) is 18.0. The molecule has 11 nitrogen and oxygen atoms in total. The van der Waals surface area contributed by atoms with Crippen LogP contribution in [0.2, 0.25) is 0 Å². The van der Waals surface area contributed by atoms with E-state index in [2.05, 4.69) is 12.2 Å². The summed E-state index contributed by atoms with van der Waals surface area (Å²) < 4.78 is 31.2. The molecule has 4 rings (SSSR count). The van der Waals surface area contributed by atoms with Gasteiger partial charge in [0.25, 0.3) is 10.1 Å². The number of carbonyl (C=O) groups excluding carboxylic acids is 1. The number of aliphatic hydroxyl groups excluding tert-OH is 5. The van der Waals surface area contributed by atoms with Gasteiger partial charge in [0.15, 0.2) is 0 Å². The molecule has 0 aromatic rings. The van der Waals surface area contributed by atoms with Crippen LogP contribution in [0, 0.1) is 40.4 Å². The van der Waals surface area contributed by atoms with Gasteiger partial charge in [-0.2, -0.15) is 8.42 Å². The van der Waals surface area contributed by atoms with Crippen molar-refractivity contribution in [3.63, 3.8) is 0 Å². The molecule has 13 atom stereocenters. The number of hydrogen-bond donors (Lipinski definition) is 8. The van der Waals surface area contributed by atoms with Gasteiger partial charge in [0.1, 0.15) is 0 Å². The molecule has 4 aliphatic rings. The summed E-state index contributed by atoms with van der Waals surface area (Å²) in [4.78, 5) is 12.5. The topological polar surface area (TPSA) is 205 Å². The molecule has 4 fully saturated rings. The average molecular weight is 578 g/mol. The van der Waals surface area contributed by atoms with Crippen LogP contribution < -0.4 is 5.32 Å². The highest BCUT2D eigenvalue weighted by molar-refractivity contribution is 7.85. The standard InChI is InChI=1S/C27H47NO10S/c1-14(4-5-20(32)28-15(12-29)13-39(36,37)38)21-23(33)24(34)22-17-10-19(31)27(35)11-16(30)6-9-26(27,3)18(17)7-8-25(21,22)2/h14-19,21-24,29-31,33-35H,4-13H2,1-3H3,(H,28,32)(H,36,37,38)/t14-,15?,16+,17?,18?,19-,21+,22?,23-,24?,25-,26-,27+/m1/s1. The summed E-state index contributed by atoms with van der Waals surface area (Å²) in [5, 5.41) is 67.6. The summed E-state index contributed by atoms with van der Waals surface area (Å²) in [6.07, 6.45) is -0.378. The summed E-state index contributed by atoms with van der Waals surface area (Å²) in [5.74, 6) is -2.16. The predicted octanol–water partition coefficient (Wildman–Crippen LogP) is -0.185. The Morgan fingerprint density at radius 1 is 1.08 bits per heavy atom. The van der Waals surface area contributed by atoms with Crippen LogP contribution >= 0.6 is 0 Å². The van der Waals surface area contributed by atoms with Crippen molar-refractivity contribution in [1.82, 2.24) is 5.32 Å². The van der Waals surface area contributed by atoms with Crippen molar-refractivity contribution in [2.45, 2.75) is 108 Å². The van der Waals surface area contributed by atoms with Gasteiger partial charge >= 0.3 is 0 Å². The van der Waals surface area contributed by atoms with Gasteiger partial charge in [-0.15, -0.1) is 0 Å². The normalized spacial score (nSPS) is 47.4. The van der Waals surface area contributed by atoms with Gasteiger partial charge in [-0.3, -0.25) is 9.35 Å². The highest BCUT2D eigenvalue weighted by Gasteiger charge is 2.70. The molecular weight excluding hydrogens is 530 g/mol. The number of nitrogens with one attached hydrogen (secondary N) is 1. The molecule has 0 aliphatic heterocycles. The van der Waals surface area contributed by atoms with Crippen LogP contribution in [-0.2, 0) is 14.9 Å². The van der Waals surface area contributed by atoms with E-state index in [4.69, 9.17) is 4.55 Å². The van der Waals surface area contributed by atoms with Crippen LogP contribution in [0.4, 0.5) is 0 Å². The Kier molecular flexibility index (Phi) is 8.58. The molecule has 1 amide bonds. The Morgan fingerprint density at radius 2 is 1.74 bits per heavy atom. The fourth-order valence-corrected chi connectivity index (χ4v) is 10.3. The number of hydrogen-bond acceptors (Lipinski definition) is 9. The van der Waals surface area contributed by atoms with Crippen molar-refractivity contribution in [1.29, 1.82) is 0 Å². The number of fused-ring (bicyclic) bond motifs is 5. The third-order valence-corrected chi connectivity index (χ3v) is 12.2. The second kappa shape index (κ2) is 10.8. The summed E-state index contributed by atoms with van der Waals surface area (Å²) in [5.41, 5.74) is -2.48. The fraction of sp³-hybridized carbons (Fsp3) is 0.963. The van der Waals surface area contributed by atoms with E-state index >= 15 is 0 Å². The van der Waals surface area contributed by atoms with Crippen LogP contribution in [0.5, 0.6) is 0 Å². The van der Waals surface area contributed by atoms with Gasteiger partial charge in [-0.1, -0.05) is 20.8 Å². The molecule has 226 valence electrons. The minimum absolute atomic E-state index is 0.0153. The molecule has 0 aromatic heterocycles. The van der Waals surface area contributed by atoms with Gasteiger partial charge in [0, 0.05) is 18.3 Å². The van der Waals surface area contributed by atoms with E-state index in [-0.39, 0.29) is 48.9 Å². The first-order valence-corrected chi connectivity index (χ1v) is 15.9. The molecule has 8 N–H and O–H groups in total. The first kappa shape index (κ1) is 31.1. The smallest absolute Gasteiger partial charge is 0.266 e. The maximum Gasteiger partial charge on any atom is 0.266 e. The lowest BCUT2D eigenvalue weighted by Gasteiger charge is -2.65. The van der Waals surface area contributed by atoms with Crippen LogP contribution in [0.25, 0.3) is 0 Å². The molecule has 5 unspecified atom stereocenters. The van der Waals surface area contributed by atoms with Gasteiger partial charge in [0.2, 0.25) is 5.91 Å². The van der Waals surface area contributed by atoms with E-state index in [1.807, 2.05) is 13.8 Å². The molecule has 39 heavy (non-hydrogen) atoms. The van der Waals surface area contributed by atoms with Crippen molar-refractivity contribution >= 4 is 16.0 Å². The van der Waals surface area contributed by atoms with E-state index in [1.165, 1.54) is 0 Å². The molecule has 4 aliphatic carbocycles. The Hall–Kier alpha value is -0.860. The molecule has 0 saturated heterocycles. The third kappa shape index (κ3) is 5.29. The molecule has 0 aromatic carbocycles. The molecular formula is C27H47NO10S. The van der Waals surface area contributed by atoms with Crippen LogP contribution in [-0.4, -0.2) is 97.9 Å². The maximum atomic E-state index is 12.5. The fourth-order valence-electron chi connectivity index (χ4n) is 9.61. The number of rotatable bonds is 8. The van der Waals surface area contributed by atoms with E-state index in [1.54, 1.807) is 0 Å². The zero-order valence-electron chi connectivity index (χ0n) is 23.1. The highest BCUT2D eigenvalue weighted by atomic mass is 32.2.